The van der Waals surface area contributed by atoms with Crippen molar-refractivity contribution >= 4 is 29.6 Å². The number of esters is 1. The first-order valence-corrected chi connectivity index (χ1v) is 19.9. The number of carbonyl (C=O) groups excluding carboxylic acids is 5. The van der Waals surface area contributed by atoms with Crippen molar-refractivity contribution < 1.29 is 42.9 Å². The van der Waals surface area contributed by atoms with E-state index in [1.807, 2.05) is 20.8 Å². The zero-order valence-electron chi connectivity index (χ0n) is 33.6. The highest BCUT2D eigenvalue weighted by atomic mass is 16.6. The minimum Gasteiger partial charge on any atom is -0.460 e. The number of nitrogens with one attached hydrogen (secondary N) is 4. The summed E-state index contributed by atoms with van der Waals surface area (Å²) in [5, 5.41) is 12.0. The lowest BCUT2D eigenvalue weighted by Gasteiger charge is -2.35. The predicted octanol–water partition coefficient (Wildman–Crippen LogP) is 5.27. The highest BCUT2D eigenvalue weighted by Gasteiger charge is 2.33. The molecule has 13 nitrogen and oxygen atoms in total. The molecule has 52 heavy (non-hydrogen) atoms. The van der Waals surface area contributed by atoms with Gasteiger partial charge in [0, 0.05) is 50.9 Å². The Kier molecular flexibility index (Phi) is 30.0. The molecule has 0 aromatic heterocycles. The average Bonchev–Trinajstić information content (AvgIpc) is 3.09. The van der Waals surface area contributed by atoms with E-state index < -0.39 is 11.1 Å². The molecule has 0 saturated carbocycles. The summed E-state index contributed by atoms with van der Waals surface area (Å²) in [4.78, 5) is 63.5. The van der Waals surface area contributed by atoms with Gasteiger partial charge in [-0.15, -0.1) is 0 Å². The molecule has 0 heterocycles. The fourth-order valence-electron chi connectivity index (χ4n) is 5.31. The van der Waals surface area contributed by atoms with E-state index in [2.05, 4.69) is 42.0 Å². The van der Waals surface area contributed by atoms with Crippen LogP contribution in [-0.2, 0) is 42.9 Å². The van der Waals surface area contributed by atoms with Crippen LogP contribution in [0.4, 0.5) is 0 Å². The second-order valence-corrected chi connectivity index (χ2v) is 14.4. The fourth-order valence-corrected chi connectivity index (χ4v) is 5.31. The van der Waals surface area contributed by atoms with E-state index in [-0.39, 0.29) is 81.5 Å². The van der Waals surface area contributed by atoms with Crippen LogP contribution >= 0.6 is 0 Å². The Labute approximate surface area is 314 Å². The smallest absolute Gasteiger partial charge is 0.308 e. The SMILES string of the molecule is CCCCCNC(=O)CCC(CCC(=O)NCCCCC)(CCC(=O)NCCCCC)NC(=O)CCOCCOCCOCCC(=O)OC(C)(C)C. The fraction of sp³-hybridized carbons (Fsp3) is 0.872. The molecule has 4 amide bonds. The molecule has 0 aliphatic rings. The Morgan fingerprint density at radius 1 is 0.462 bits per heavy atom. The zero-order valence-corrected chi connectivity index (χ0v) is 33.6. The molecule has 0 spiro atoms. The summed E-state index contributed by atoms with van der Waals surface area (Å²) in [6, 6.07) is 0. The van der Waals surface area contributed by atoms with Gasteiger partial charge in [-0.2, -0.15) is 0 Å². The third kappa shape index (κ3) is 30.8. The molecule has 0 unspecified atom stereocenters. The number of hydrogen-bond donors (Lipinski definition) is 4. The highest BCUT2D eigenvalue weighted by molar-refractivity contribution is 5.80. The van der Waals surface area contributed by atoms with Gasteiger partial charge < -0.3 is 40.2 Å². The molecular weight excluding hydrogens is 668 g/mol. The van der Waals surface area contributed by atoms with Gasteiger partial charge in [0.2, 0.25) is 23.6 Å². The molecular formula is C39H74N4O9. The average molecular weight is 743 g/mol. The van der Waals surface area contributed by atoms with Crippen molar-refractivity contribution in [3.8, 4) is 0 Å². The minimum atomic E-state index is -0.925. The molecule has 0 fully saturated rings. The summed E-state index contributed by atoms with van der Waals surface area (Å²) in [6.45, 7) is 15.2. The summed E-state index contributed by atoms with van der Waals surface area (Å²) >= 11 is 0. The molecule has 304 valence electrons. The lowest BCUT2D eigenvalue weighted by atomic mass is 9.83. The van der Waals surface area contributed by atoms with Crippen molar-refractivity contribution in [1.82, 2.24) is 21.3 Å². The number of ether oxygens (including phenoxy) is 4. The van der Waals surface area contributed by atoms with E-state index in [4.69, 9.17) is 18.9 Å². The number of rotatable bonds is 34. The third-order valence-corrected chi connectivity index (χ3v) is 8.29. The predicted molar refractivity (Wildman–Crippen MR) is 204 cm³/mol. The maximum atomic E-state index is 13.3. The van der Waals surface area contributed by atoms with Crippen molar-refractivity contribution in [2.24, 2.45) is 0 Å². The van der Waals surface area contributed by atoms with Crippen molar-refractivity contribution in [2.75, 3.05) is 59.3 Å². The molecule has 0 saturated heterocycles. The monoisotopic (exact) mass is 743 g/mol. The van der Waals surface area contributed by atoms with E-state index in [1.54, 1.807) is 0 Å². The summed E-state index contributed by atoms with van der Waals surface area (Å²) in [7, 11) is 0. The van der Waals surface area contributed by atoms with E-state index >= 15 is 0 Å². The van der Waals surface area contributed by atoms with Gasteiger partial charge in [0.15, 0.2) is 0 Å². The molecule has 0 aliphatic heterocycles. The molecule has 13 heteroatoms. The molecule has 0 rings (SSSR count). The Bertz CT molecular complexity index is 903. The topological polar surface area (TPSA) is 170 Å². The van der Waals surface area contributed by atoms with Gasteiger partial charge in [-0.25, -0.2) is 0 Å². The largest absolute Gasteiger partial charge is 0.460 e. The first-order valence-electron chi connectivity index (χ1n) is 19.9. The number of amides is 4. The van der Waals surface area contributed by atoms with Gasteiger partial charge in [0.05, 0.1) is 46.1 Å². The maximum absolute atomic E-state index is 13.3. The van der Waals surface area contributed by atoms with Crippen LogP contribution in [0, 0.1) is 0 Å². The number of carbonyl (C=O) groups is 5. The second-order valence-electron chi connectivity index (χ2n) is 14.4. The zero-order chi connectivity index (χ0) is 38.9. The Morgan fingerprint density at radius 2 is 0.827 bits per heavy atom. The molecule has 0 aromatic carbocycles. The van der Waals surface area contributed by atoms with Crippen LogP contribution in [0.5, 0.6) is 0 Å². The summed E-state index contributed by atoms with van der Waals surface area (Å²) in [5.41, 5.74) is -1.45. The van der Waals surface area contributed by atoms with Crippen LogP contribution < -0.4 is 21.3 Å². The maximum Gasteiger partial charge on any atom is 0.308 e. The van der Waals surface area contributed by atoms with Crippen LogP contribution in [0.1, 0.15) is 151 Å². The Hall–Kier alpha value is -2.77. The molecule has 0 aliphatic carbocycles. The number of unbranched alkanes of at least 4 members (excludes halogenated alkanes) is 6. The lowest BCUT2D eigenvalue weighted by molar-refractivity contribution is -0.156. The van der Waals surface area contributed by atoms with Crippen LogP contribution in [-0.4, -0.2) is 100 Å². The summed E-state index contributed by atoms with van der Waals surface area (Å²) < 4.78 is 21.8. The van der Waals surface area contributed by atoms with Gasteiger partial charge in [-0.1, -0.05) is 59.3 Å². The molecule has 4 N–H and O–H groups in total. The van der Waals surface area contributed by atoms with Gasteiger partial charge in [0.25, 0.3) is 0 Å². The van der Waals surface area contributed by atoms with Gasteiger partial charge >= 0.3 is 5.97 Å². The van der Waals surface area contributed by atoms with Crippen LogP contribution in [0.2, 0.25) is 0 Å². The first-order chi connectivity index (χ1) is 24.9. The first kappa shape index (κ1) is 49.2. The highest BCUT2D eigenvalue weighted by Crippen LogP contribution is 2.26. The van der Waals surface area contributed by atoms with Crippen molar-refractivity contribution in [2.45, 2.75) is 162 Å². The minimum absolute atomic E-state index is 0.0746. The number of hydrogen-bond acceptors (Lipinski definition) is 9. The van der Waals surface area contributed by atoms with Crippen molar-refractivity contribution in [1.29, 1.82) is 0 Å². The van der Waals surface area contributed by atoms with E-state index in [9.17, 15) is 24.0 Å². The third-order valence-electron chi connectivity index (χ3n) is 8.29. The van der Waals surface area contributed by atoms with Crippen molar-refractivity contribution in [3.05, 3.63) is 0 Å². The summed E-state index contributed by atoms with van der Waals surface area (Å²) in [5.74, 6) is -0.911. The van der Waals surface area contributed by atoms with Gasteiger partial charge in [0.1, 0.15) is 5.60 Å². The van der Waals surface area contributed by atoms with Crippen LogP contribution in [0.25, 0.3) is 0 Å². The standard InChI is InChI=1S/C39H74N4O9/c1-7-10-13-24-40-33(44)16-21-39(22-17-34(45)41-25-14-11-8-2,23-18-35(46)42-26-15-12-9-3)43-36(47)19-27-49-29-31-51-32-30-50-28-20-37(48)52-38(4,5)6/h7-32H2,1-6H3,(H,40,44)(H,41,45)(H,42,46)(H,43,47). The molecule has 0 aromatic rings. The lowest BCUT2D eigenvalue weighted by Crippen LogP contribution is -2.50. The van der Waals surface area contributed by atoms with E-state index in [0.29, 0.717) is 58.7 Å². The second kappa shape index (κ2) is 31.7. The Morgan fingerprint density at radius 3 is 1.19 bits per heavy atom. The molecule has 0 radical (unpaired) electrons. The quantitative estimate of drug-likeness (QED) is 0.0507. The van der Waals surface area contributed by atoms with E-state index in [1.165, 1.54) is 0 Å². The van der Waals surface area contributed by atoms with Crippen molar-refractivity contribution in [3.63, 3.8) is 0 Å². The van der Waals surface area contributed by atoms with E-state index in [0.717, 1.165) is 57.8 Å². The normalized spacial score (nSPS) is 11.6. The Balaban J connectivity index is 5.16. The van der Waals surface area contributed by atoms with Crippen LogP contribution in [0.3, 0.4) is 0 Å². The molecule has 0 atom stereocenters. The molecule has 0 bridgehead atoms. The van der Waals surface area contributed by atoms with Crippen LogP contribution in [0.15, 0.2) is 0 Å². The van der Waals surface area contributed by atoms with Gasteiger partial charge in [-0.3, -0.25) is 24.0 Å². The summed E-state index contributed by atoms with van der Waals surface area (Å²) in [6.07, 6.45) is 10.6. The van der Waals surface area contributed by atoms with Gasteiger partial charge in [-0.05, 0) is 59.3 Å².